The molecule has 4 heteroatoms. The monoisotopic (exact) mass is 247 g/mol. The lowest BCUT2D eigenvalue weighted by atomic mass is 10.2. The van der Waals surface area contributed by atoms with Gasteiger partial charge in [-0.05, 0) is 23.8 Å². The summed E-state index contributed by atoms with van der Waals surface area (Å²) < 4.78 is 0. The van der Waals surface area contributed by atoms with Crippen LogP contribution < -0.4 is 5.43 Å². The zero-order valence-corrected chi connectivity index (χ0v) is 9.61. The second-order valence-corrected chi connectivity index (χ2v) is 3.96. The minimum absolute atomic E-state index is 0.284. The van der Waals surface area contributed by atoms with Crippen molar-refractivity contribution in [2.24, 2.45) is 0 Å². The van der Waals surface area contributed by atoms with Gasteiger partial charge in [-0.1, -0.05) is 29.8 Å². The van der Waals surface area contributed by atoms with Crippen molar-refractivity contribution in [3.05, 3.63) is 63.0 Å². The van der Waals surface area contributed by atoms with Crippen molar-refractivity contribution in [1.29, 1.82) is 0 Å². The van der Waals surface area contributed by atoms with Gasteiger partial charge in [0.25, 0.3) is 0 Å². The lowest BCUT2D eigenvalue weighted by molar-refractivity contribution is 0.467. The van der Waals surface area contributed by atoms with Crippen LogP contribution in [0.2, 0.25) is 5.02 Å². The highest BCUT2D eigenvalue weighted by Gasteiger charge is 1.95. The number of pyridine rings is 1. The van der Waals surface area contributed by atoms with Crippen LogP contribution in [-0.4, -0.2) is 10.1 Å². The summed E-state index contributed by atoms with van der Waals surface area (Å²) in [4.78, 5) is 14.0. The Kier molecular flexibility index (Phi) is 3.30. The van der Waals surface area contributed by atoms with Crippen molar-refractivity contribution in [3.63, 3.8) is 0 Å². The highest BCUT2D eigenvalue weighted by Crippen LogP contribution is 2.11. The standard InChI is InChI=1S/C13H10ClNO2/c14-10-4-1-9(2-5-10)3-6-11-7-12(16)13(17)8-15-11/h1-8,17H,(H,15,16)/b6-3+. The molecule has 0 saturated heterocycles. The quantitative estimate of drug-likeness (QED) is 0.857. The minimum Gasteiger partial charge on any atom is -0.503 e. The molecule has 1 aromatic carbocycles. The Bertz CT molecular complexity index is 600. The Morgan fingerprint density at radius 1 is 1.18 bits per heavy atom. The molecule has 2 rings (SSSR count). The van der Waals surface area contributed by atoms with Crippen molar-refractivity contribution in [1.82, 2.24) is 4.98 Å². The van der Waals surface area contributed by atoms with Crippen molar-refractivity contribution in [2.75, 3.05) is 0 Å². The van der Waals surface area contributed by atoms with E-state index in [9.17, 15) is 4.79 Å². The van der Waals surface area contributed by atoms with Crippen molar-refractivity contribution in [2.45, 2.75) is 0 Å². The van der Waals surface area contributed by atoms with Gasteiger partial charge in [-0.3, -0.25) is 4.79 Å². The SMILES string of the molecule is O=c1cc(/C=C/c2ccc(Cl)cc2)[nH]cc1O. The summed E-state index contributed by atoms with van der Waals surface area (Å²) >= 11 is 5.77. The lowest BCUT2D eigenvalue weighted by Gasteiger charge is -1.96. The van der Waals surface area contributed by atoms with Gasteiger partial charge in [0.15, 0.2) is 5.75 Å². The molecule has 0 spiro atoms. The summed E-state index contributed by atoms with van der Waals surface area (Å²) in [6, 6.07) is 8.66. The van der Waals surface area contributed by atoms with E-state index in [2.05, 4.69) is 4.98 Å². The van der Waals surface area contributed by atoms with Gasteiger partial charge < -0.3 is 10.1 Å². The van der Waals surface area contributed by atoms with E-state index in [1.165, 1.54) is 12.3 Å². The second kappa shape index (κ2) is 4.89. The van der Waals surface area contributed by atoms with Crippen LogP contribution in [0.15, 0.2) is 41.3 Å². The number of nitrogens with one attached hydrogen (secondary N) is 1. The fourth-order valence-electron chi connectivity index (χ4n) is 1.34. The first kappa shape index (κ1) is 11.5. The smallest absolute Gasteiger partial charge is 0.223 e. The van der Waals surface area contributed by atoms with E-state index < -0.39 is 5.43 Å². The molecule has 0 aliphatic rings. The van der Waals surface area contributed by atoms with Crippen molar-refractivity contribution >= 4 is 23.8 Å². The second-order valence-electron chi connectivity index (χ2n) is 3.52. The molecule has 2 N–H and O–H groups in total. The first-order valence-corrected chi connectivity index (χ1v) is 5.38. The molecule has 2 aromatic rings. The molecular weight excluding hydrogens is 238 g/mol. The lowest BCUT2D eigenvalue weighted by Crippen LogP contribution is -1.99. The van der Waals surface area contributed by atoms with Gasteiger partial charge >= 0.3 is 0 Å². The van der Waals surface area contributed by atoms with Crippen LogP contribution in [0, 0.1) is 0 Å². The highest BCUT2D eigenvalue weighted by atomic mass is 35.5. The number of hydrogen-bond donors (Lipinski definition) is 2. The largest absolute Gasteiger partial charge is 0.503 e. The predicted molar refractivity (Wildman–Crippen MR) is 69.1 cm³/mol. The summed E-state index contributed by atoms with van der Waals surface area (Å²) in [5, 5.41) is 9.76. The molecule has 0 amide bonds. The van der Waals surface area contributed by atoms with Crippen LogP contribution in [0.3, 0.4) is 0 Å². The molecule has 0 radical (unpaired) electrons. The van der Waals surface area contributed by atoms with Crippen molar-refractivity contribution < 1.29 is 5.11 Å². The van der Waals surface area contributed by atoms with Crippen LogP contribution in [0.25, 0.3) is 12.2 Å². The molecule has 17 heavy (non-hydrogen) atoms. The van der Waals surface area contributed by atoms with Gasteiger partial charge in [-0.2, -0.15) is 0 Å². The number of aromatic amines is 1. The third-order valence-corrected chi connectivity index (χ3v) is 2.49. The zero-order valence-electron chi connectivity index (χ0n) is 8.85. The molecule has 0 bridgehead atoms. The van der Waals surface area contributed by atoms with Gasteiger partial charge in [-0.15, -0.1) is 0 Å². The van der Waals surface area contributed by atoms with Gasteiger partial charge in [0.05, 0.1) is 0 Å². The number of hydrogen-bond acceptors (Lipinski definition) is 2. The molecule has 0 aliphatic carbocycles. The number of rotatable bonds is 2. The van der Waals surface area contributed by atoms with E-state index >= 15 is 0 Å². The maximum Gasteiger partial charge on any atom is 0.223 e. The molecule has 0 unspecified atom stereocenters. The molecule has 3 nitrogen and oxygen atoms in total. The third-order valence-electron chi connectivity index (χ3n) is 2.24. The van der Waals surface area contributed by atoms with Crippen LogP contribution in [0.1, 0.15) is 11.3 Å². The molecule has 0 saturated carbocycles. The summed E-state index contributed by atoms with van der Waals surface area (Å²) in [5.41, 5.74) is 1.20. The average Bonchev–Trinajstić information content (AvgIpc) is 2.33. The fourth-order valence-corrected chi connectivity index (χ4v) is 1.46. The van der Waals surface area contributed by atoms with Crippen LogP contribution in [0.4, 0.5) is 0 Å². The van der Waals surface area contributed by atoms with Gasteiger partial charge in [0.2, 0.25) is 5.43 Å². The molecule has 86 valence electrons. The molecule has 0 atom stereocenters. The number of halogens is 1. The van der Waals surface area contributed by atoms with Crippen LogP contribution in [0.5, 0.6) is 5.75 Å². The molecule has 1 aromatic heterocycles. The Balaban J connectivity index is 2.23. The van der Waals surface area contributed by atoms with E-state index in [-0.39, 0.29) is 5.75 Å². The Morgan fingerprint density at radius 3 is 2.53 bits per heavy atom. The number of aromatic nitrogens is 1. The zero-order chi connectivity index (χ0) is 12.3. The summed E-state index contributed by atoms with van der Waals surface area (Å²) in [7, 11) is 0. The maximum atomic E-state index is 11.2. The normalized spacial score (nSPS) is 10.9. The van der Waals surface area contributed by atoms with Crippen LogP contribution in [-0.2, 0) is 0 Å². The summed E-state index contributed by atoms with van der Waals surface area (Å²) in [5.74, 6) is -0.284. The van der Waals surface area contributed by atoms with E-state index in [1.807, 2.05) is 18.2 Å². The average molecular weight is 248 g/mol. The first-order valence-electron chi connectivity index (χ1n) is 5.00. The van der Waals surface area contributed by atoms with Crippen LogP contribution >= 0.6 is 11.6 Å². The fraction of sp³-hybridized carbons (Fsp3) is 0. The predicted octanol–water partition coefficient (Wildman–Crippen LogP) is 2.90. The van der Waals surface area contributed by atoms with Gasteiger partial charge in [0, 0.05) is 23.0 Å². The molecule has 1 heterocycles. The van der Waals surface area contributed by atoms with E-state index in [0.29, 0.717) is 10.7 Å². The number of H-pyrrole nitrogens is 1. The Morgan fingerprint density at radius 2 is 1.88 bits per heavy atom. The topological polar surface area (TPSA) is 53.1 Å². The van der Waals surface area contributed by atoms with Gasteiger partial charge in [-0.25, -0.2) is 0 Å². The number of benzene rings is 1. The minimum atomic E-state index is -0.403. The summed E-state index contributed by atoms with van der Waals surface area (Å²) in [6.07, 6.45) is 4.87. The molecular formula is C13H10ClNO2. The number of aromatic hydroxyl groups is 1. The highest BCUT2D eigenvalue weighted by molar-refractivity contribution is 6.30. The Labute approximate surface area is 103 Å². The van der Waals surface area contributed by atoms with Gasteiger partial charge in [0.1, 0.15) is 0 Å². The summed E-state index contributed by atoms with van der Waals surface area (Å²) in [6.45, 7) is 0. The molecule has 0 aliphatic heterocycles. The first-order chi connectivity index (χ1) is 8.15. The van der Waals surface area contributed by atoms with E-state index in [0.717, 1.165) is 5.56 Å². The van der Waals surface area contributed by atoms with Crippen molar-refractivity contribution in [3.8, 4) is 5.75 Å². The maximum absolute atomic E-state index is 11.2. The Hall–Kier alpha value is -2.00. The third kappa shape index (κ3) is 2.98. The van der Waals surface area contributed by atoms with E-state index in [1.54, 1.807) is 18.2 Å². The van der Waals surface area contributed by atoms with E-state index in [4.69, 9.17) is 16.7 Å². The molecule has 0 fully saturated rings.